The molecule has 1 aliphatic rings. The summed E-state index contributed by atoms with van der Waals surface area (Å²) in [6.07, 6.45) is 2.83. The topological polar surface area (TPSA) is 84.2 Å². The van der Waals surface area contributed by atoms with Gasteiger partial charge in [0.15, 0.2) is 5.69 Å². The molecule has 0 fully saturated rings. The van der Waals surface area contributed by atoms with Crippen LogP contribution in [-0.4, -0.2) is 32.8 Å². The molecule has 1 aliphatic carbocycles. The van der Waals surface area contributed by atoms with Gasteiger partial charge in [-0.05, 0) is 50.8 Å². The summed E-state index contributed by atoms with van der Waals surface area (Å²) in [6.45, 7) is 1.77. The van der Waals surface area contributed by atoms with Gasteiger partial charge in [0.05, 0.1) is 5.69 Å². The molecule has 2 N–H and O–H groups in total. The summed E-state index contributed by atoms with van der Waals surface area (Å²) in [7, 11) is 0. The van der Waals surface area contributed by atoms with Crippen LogP contribution in [0.1, 0.15) is 47.9 Å². The fourth-order valence-corrected chi connectivity index (χ4v) is 3.15. The molecule has 1 atom stereocenters. The molecule has 0 bridgehead atoms. The van der Waals surface area contributed by atoms with Gasteiger partial charge in [-0.25, -0.2) is 9.07 Å². The highest BCUT2D eigenvalue weighted by Crippen LogP contribution is 2.28. The molecule has 6 nitrogen and oxygen atoms in total. The third kappa shape index (κ3) is 3.70. The predicted octanol–water partition coefficient (Wildman–Crippen LogP) is 2.48. The quantitative estimate of drug-likeness (QED) is 0.842. The average molecular weight is 345 g/mol. The van der Waals surface area contributed by atoms with Gasteiger partial charge in [0, 0.05) is 23.7 Å². The molecular formula is C18H20FN3O3. The Balaban J connectivity index is 1.84. The standard InChI is InChI=1S/C18H20FN3O3/c1-11(8-9-16(23)24)20-18(25)17-14-6-3-7-15(14)22(21-17)13-5-2-4-12(19)10-13/h2,4-5,10-11H,3,6-9H2,1H3,(H,20,25)(H,23,24). The first kappa shape index (κ1) is 17.1. The molecule has 1 amide bonds. The minimum atomic E-state index is -0.891. The maximum atomic E-state index is 13.5. The Kier molecular flexibility index (Phi) is 4.83. The first-order chi connectivity index (χ1) is 12.0. The van der Waals surface area contributed by atoms with Crippen LogP contribution in [0, 0.1) is 5.82 Å². The molecule has 1 aromatic carbocycles. The number of nitrogens with zero attached hydrogens (tertiary/aromatic N) is 2. The third-order valence-corrected chi connectivity index (χ3v) is 4.37. The van der Waals surface area contributed by atoms with Crippen LogP contribution >= 0.6 is 0 Å². The molecule has 0 aliphatic heterocycles. The van der Waals surface area contributed by atoms with E-state index in [0.29, 0.717) is 17.8 Å². The maximum absolute atomic E-state index is 13.5. The number of hydrogen-bond donors (Lipinski definition) is 2. The van der Waals surface area contributed by atoms with Gasteiger partial charge >= 0.3 is 5.97 Å². The maximum Gasteiger partial charge on any atom is 0.303 e. The van der Waals surface area contributed by atoms with Gasteiger partial charge in [0.25, 0.3) is 5.91 Å². The van der Waals surface area contributed by atoms with E-state index in [1.54, 1.807) is 23.7 Å². The minimum absolute atomic E-state index is 0.00269. The van der Waals surface area contributed by atoms with E-state index >= 15 is 0 Å². The van der Waals surface area contributed by atoms with E-state index in [4.69, 9.17) is 5.11 Å². The molecule has 3 rings (SSSR count). The van der Waals surface area contributed by atoms with E-state index in [-0.39, 0.29) is 24.2 Å². The monoisotopic (exact) mass is 345 g/mol. The van der Waals surface area contributed by atoms with Crippen molar-refractivity contribution < 1.29 is 19.1 Å². The van der Waals surface area contributed by atoms with Crippen molar-refractivity contribution in [3.05, 3.63) is 47.0 Å². The molecule has 1 unspecified atom stereocenters. The number of nitrogens with one attached hydrogen (secondary N) is 1. The second-order valence-electron chi connectivity index (χ2n) is 6.33. The minimum Gasteiger partial charge on any atom is -0.481 e. The Hall–Kier alpha value is -2.70. The highest BCUT2D eigenvalue weighted by molar-refractivity contribution is 5.94. The van der Waals surface area contributed by atoms with Gasteiger partial charge in [-0.15, -0.1) is 0 Å². The first-order valence-electron chi connectivity index (χ1n) is 8.35. The summed E-state index contributed by atoms with van der Waals surface area (Å²) in [5.41, 5.74) is 2.77. The number of fused-ring (bicyclic) bond motifs is 1. The lowest BCUT2D eigenvalue weighted by Crippen LogP contribution is -2.33. The zero-order valence-electron chi connectivity index (χ0n) is 14.0. The van der Waals surface area contributed by atoms with E-state index in [9.17, 15) is 14.0 Å². The summed E-state index contributed by atoms with van der Waals surface area (Å²) in [4.78, 5) is 23.2. The largest absolute Gasteiger partial charge is 0.481 e. The number of carboxylic acids is 1. The fourth-order valence-electron chi connectivity index (χ4n) is 3.15. The molecule has 7 heteroatoms. The van der Waals surface area contributed by atoms with Crippen LogP contribution in [0.3, 0.4) is 0 Å². The average Bonchev–Trinajstić information content (AvgIpc) is 3.14. The lowest BCUT2D eigenvalue weighted by atomic mass is 10.1. The van der Waals surface area contributed by atoms with Crippen LogP contribution in [0.25, 0.3) is 5.69 Å². The summed E-state index contributed by atoms with van der Waals surface area (Å²) in [6, 6.07) is 5.86. The second-order valence-corrected chi connectivity index (χ2v) is 6.33. The number of aromatic nitrogens is 2. The van der Waals surface area contributed by atoms with Gasteiger partial charge in [-0.1, -0.05) is 6.07 Å². The Labute approximate surface area is 144 Å². The van der Waals surface area contributed by atoms with Gasteiger partial charge in [-0.3, -0.25) is 9.59 Å². The van der Waals surface area contributed by atoms with Crippen molar-refractivity contribution >= 4 is 11.9 Å². The Morgan fingerprint density at radius 2 is 2.20 bits per heavy atom. The zero-order valence-corrected chi connectivity index (χ0v) is 14.0. The fraction of sp³-hybridized carbons (Fsp3) is 0.389. The molecule has 0 saturated carbocycles. The SMILES string of the molecule is CC(CCC(=O)O)NC(=O)c1nn(-c2cccc(F)c2)c2c1CCC2. The molecule has 1 heterocycles. The van der Waals surface area contributed by atoms with Gasteiger partial charge in [-0.2, -0.15) is 5.10 Å². The predicted molar refractivity (Wildman–Crippen MR) is 89.3 cm³/mol. The number of amides is 1. The Morgan fingerprint density at radius 1 is 1.40 bits per heavy atom. The molecule has 0 radical (unpaired) electrons. The number of carbonyl (C=O) groups excluding carboxylic acids is 1. The number of hydrogen-bond acceptors (Lipinski definition) is 3. The summed E-state index contributed by atoms with van der Waals surface area (Å²) in [5, 5.41) is 16.0. The summed E-state index contributed by atoms with van der Waals surface area (Å²) < 4.78 is 15.2. The number of benzene rings is 1. The van der Waals surface area contributed by atoms with Crippen molar-refractivity contribution in [1.82, 2.24) is 15.1 Å². The normalized spacial score (nSPS) is 14.2. The first-order valence-corrected chi connectivity index (χ1v) is 8.35. The highest BCUT2D eigenvalue weighted by atomic mass is 19.1. The van der Waals surface area contributed by atoms with Crippen LogP contribution in [0.5, 0.6) is 0 Å². The number of carboxylic acid groups (broad SMARTS) is 1. The molecular weight excluding hydrogens is 325 g/mol. The van der Waals surface area contributed by atoms with E-state index in [1.807, 2.05) is 0 Å². The van der Waals surface area contributed by atoms with E-state index in [0.717, 1.165) is 30.5 Å². The van der Waals surface area contributed by atoms with Crippen molar-refractivity contribution in [3.63, 3.8) is 0 Å². The van der Waals surface area contributed by atoms with Crippen molar-refractivity contribution in [2.75, 3.05) is 0 Å². The van der Waals surface area contributed by atoms with Crippen molar-refractivity contribution in [3.8, 4) is 5.69 Å². The zero-order chi connectivity index (χ0) is 18.0. The summed E-state index contributed by atoms with van der Waals surface area (Å²) >= 11 is 0. The van der Waals surface area contributed by atoms with Crippen LogP contribution < -0.4 is 5.32 Å². The molecule has 2 aromatic rings. The molecule has 25 heavy (non-hydrogen) atoms. The smallest absolute Gasteiger partial charge is 0.303 e. The Bertz CT molecular complexity index is 816. The van der Waals surface area contributed by atoms with E-state index < -0.39 is 5.97 Å². The van der Waals surface area contributed by atoms with Gasteiger partial charge in [0.2, 0.25) is 0 Å². The second kappa shape index (κ2) is 7.04. The number of rotatable bonds is 6. The molecule has 1 aromatic heterocycles. The number of halogens is 1. The van der Waals surface area contributed by atoms with E-state index in [1.165, 1.54) is 12.1 Å². The molecule has 0 saturated heterocycles. The Morgan fingerprint density at radius 3 is 2.92 bits per heavy atom. The summed E-state index contributed by atoms with van der Waals surface area (Å²) in [5.74, 6) is -1.56. The molecule has 132 valence electrons. The lowest BCUT2D eigenvalue weighted by molar-refractivity contribution is -0.137. The van der Waals surface area contributed by atoms with Crippen LogP contribution in [-0.2, 0) is 17.6 Å². The molecule has 0 spiro atoms. The number of aliphatic carboxylic acids is 1. The van der Waals surface area contributed by atoms with Crippen molar-refractivity contribution in [1.29, 1.82) is 0 Å². The van der Waals surface area contributed by atoms with Crippen LogP contribution in [0.15, 0.2) is 24.3 Å². The van der Waals surface area contributed by atoms with Crippen LogP contribution in [0.4, 0.5) is 4.39 Å². The van der Waals surface area contributed by atoms with Gasteiger partial charge in [0.1, 0.15) is 5.82 Å². The third-order valence-electron chi connectivity index (χ3n) is 4.37. The highest BCUT2D eigenvalue weighted by Gasteiger charge is 2.27. The lowest BCUT2D eigenvalue weighted by Gasteiger charge is -2.12. The van der Waals surface area contributed by atoms with Crippen LogP contribution in [0.2, 0.25) is 0 Å². The van der Waals surface area contributed by atoms with Crippen molar-refractivity contribution in [2.45, 2.75) is 45.1 Å². The van der Waals surface area contributed by atoms with Gasteiger partial charge < -0.3 is 10.4 Å². The number of carbonyl (C=O) groups is 2. The van der Waals surface area contributed by atoms with E-state index in [2.05, 4.69) is 10.4 Å². The van der Waals surface area contributed by atoms with Crippen molar-refractivity contribution in [2.24, 2.45) is 0 Å².